The number of nitrogens with zero attached hydrogens (tertiary/aromatic N) is 4. The summed E-state index contributed by atoms with van der Waals surface area (Å²) in [5, 5.41) is 14.6. The Morgan fingerprint density at radius 1 is 1.14 bits per heavy atom. The number of aromatic nitrogens is 5. The van der Waals surface area contributed by atoms with Crippen LogP contribution in [-0.2, 0) is 0 Å². The minimum absolute atomic E-state index is 0.275. The first-order valence-electron chi connectivity index (χ1n) is 9.04. The molecular formula is C21H20N6O. The molecule has 0 saturated carbocycles. The average Bonchev–Trinajstić information content (AvgIpc) is 3.37. The Morgan fingerprint density at radius 3 is 2.64 bits per heavy atom. The number of rotatable bonds is 5. The van der Waals surface area contributed by atoms with Crippen LogP contribution < -0.4 is 5.32 Å². The van der Waals surface area contributed by atoms with Crippen LogP contribution in [0.25, 0.3) is 16.9 Å². The Hall–Kier alpha value is -3.74. The van der Waals surface area contributed by atoms with Gasteiger partial charge in [-0.3, -0.25) is 14.9 Å². The molecule has 0 bridgehead atoms. The summed E-state index contributed by atoms with van der Waals surface area (Å²) >= 11 is 0. The molecule has 4 rings (SSSR count). The van der Waals surface area contributed by atoms with Gasteiger partial charge in [-0.15, -0.1) is 0 Å². The normalized spacial score (nSPS) is 11.0. The maximum Gasteiger partial charge on any atom is 0.260 e. The highest BCUT2D eigenvalue weighted by molar-refractivity contribution is 6.07. The van der Waals surface area contributed by atoms with E-state index in [-0.39, 0.29) is 5.91 Å². The van der Waals surface area contributed by atoms with Crippen LogP contribution in [0.2, 0.25) is 0 Å². The molecular weight excluding hydrogens is 352 g/mol. The van der Waals surface area contributed by atoms with E-state index in [0.29, 0.717) is 23.0 Å². The number of anilines is 1. The highest BCUT2D eigenvalue weighted by Crippen LogP contribution is 2.24. The van der Waals surface area contributed by atoms with Crippen LogP contribution in [0.3, 0.4) is 0 Å². The minimum Gasteiger partial charge on any atom is -0.305 e. The van der Waals surface area contributed by atoms with Crippen LogP contribution >= 0.6 is 0 Å². The molecule has 7 heteroatoms. The van der Waals surface area contributed by atoms with E-state index < -0.39 is 0 Å². The molecule has 3 heterocycles. The highest BCUT2D eigenvalue weighted by atomic mass is 16.1. The van der Waals surface area contributed by atoms with Crippen LogP contribution in [-0.4, -0.2) is 30.9 Å². The molecule has 1 amide bonds. The van der Waals surface area contributed by atoms with Crippen molar-refractivity contribution >= 4 is 11.7 Å². The van der Waals surface area contributed by atoms with E-state index in [9.17, 15) is 4.79 Å². The van der Waals surface area contributed by atoms with Gasteiger partial charge in [0.1, 0.15) is 5.69 Å². The summed E-state index contributed by atoms with van der Waals surface area (Å²) in [5.41, 5.74) is 3.61. The third-order valence-corrected chi connectivity index (χ3v) is 4.38. The van der Waals surface area contributed by atoms with E-state index in [4.69, 9.17) is 0 Å². The SMILES string of the molecule is CC(C)c1cc(NC(=O)c2cn(-c3ccccc3)nc2-c2cccnc2)n[nH]1. The van der Waals surface area contributed by atoms with Crippen molar-refractivity contribution in [2.24, 2.45) is 0 Å². The average molecular weight is 372 g/mol. The van der Waals surface area contributed by atoms with Gasteiger partial charge in [-0.05, 0) is 30.2 Å². The number of H-pyrrole nitrogens is 1. The van der Waals surface area contributed by atoms with Gasteiger partial charge in [-0.2, -0.15) is 10.2 Å². The van der Waals surface area contributed by atoms with Crippen molar-refractivity contribution in [3.8, 4) is 16.9 Å². The zero-order valence-electron chi connectivity index (χ0n) is 15.6. The molecule has 0 unspecified atom stereocenters. The number of carbonyl (C=O) groups excluding carboxylic acids is 1. The lowest BCUT2D eigenvalue weighted by Crippen LogP contribution is -2.12. The van der Waals surface area contributed by atoms with Crippen LogP contribution in [0.15, 0.2) is 67.1 Å². The van der Waals surface area contributed by atoms with Crippen LogP contribution in [0.5, 0.6) is 0 Å². The molecule has 0 aliphatic carbocycles. The molecule has 0 aliphatic heterocycles. The van der Waals surface area contributed by atoms with Crippen molar-refractivity contribution in [2.75, 3.05) is 5.32 Å². The molecule has 1 aromatic carbocycles. The molecule has 0 spiro atoms. The number of pyridine rings is 1. The molecule has 0 fully saturated rings. The number of carbonyl (C=O) groups is 1. The zero-order valence-corrected chi connectivity index (χ0v) is 15.6. The number of amides is 1. The lowest BCUT2D eigenvalue weighted by molar-refractivity contribution is 0.102. The predicted octanol–water partition coefficient (Wildman–Crippen LogP) is 4.03. The van der Waals surface area contributed by atoms with Gasteiger partial charge in [-0.1, -0.05) is 32.0 Å². The number of aromatic amines is 1. The monoisotopic (exact) mass is 372 g/mol. The molecule has 4 aromatic rings. The van der Waals surface area contributed by atoms with Gasteiger partial charge in [0.2, 0.25) is 0 Å². The van der Waals surface area contributed by atoms with E-state index in [1.54, 1.807) is 23.3 Å². The smallest absolute Gasteiger partial charge is 0.260 e. The fourth-order valence-corrected chi connectivity index (χ4v) is 2.85. The lowest BCUT2D eigenvalue weighted by Gasteiger charge is -2.02. The highest BCUT2D eigenvalue weighted by Gasteiger charge is 2.20. The topological polar surface area (TPSA) is 88.5 Å². The molecule has 140 valence electrons. The van der Waals surface area contributed by atoms with Crippen molar-refractivity contribution in [3.05, 3.63) is 78.4 Å². The number of para-hydroxylation sites is 1. The molecule has 7 nitrogen and oxygen atoms in total. The molecule has 2 N–H and O–H groups in total. The summed E-state index contributed by atoms with van der Waals surface area (Å²) in [6.07, 6.45) is 5.11. The summed E-state index contributed by atoms with van der Waals surface area (Å²) < 4.78 is 1.70. The summed E-state index contributed by atoms with van der Waals surface area (Å²) in [5.74, 6) is 0.506. The number of hydrogen-bond acceptors (Lipinski definition) is 4. The third kappa shape index (κ3) is 3.55. The maximum atomic E-state index is 13.0. The molecule has 0 saturated heterocycles. The predicted molar refractivity (Wildman–Crippen MR) is 107 cm³/mol. The Morgan fingerprint density at radius 2 is 1.96 bits per heavy atom. The van der Waals surface area contributed by atoms with E-state index >= 15 is 0 Å². The van der Waals surface area contributed by atoms with Crippen molar-refractivity contribution < 1.29 is 4.79 Å². The number of hydrogen-bond donors (Lipinski definition) is 2. The standard InChI is InChI=1S/C21H20N6O/c1-14(2)18-11-19(25-24-18)23-21(28)17-13-27(16-8-4-3-5-9-16)26-20(17)15-7-6-10-22-12-15/h3-14H,1-2H3,(H2,23,24,25,28). The van der Waals surface area contributed by atoms with Gasteiger partial charge >= 0.3 is 0 Å². The summed E-state index contributed by atoms with van der Waals surface area (Å²) in [6.45, 7) is 4.12. The molecule has 0 atom stereocenters. The van der Waals surface area contributed by atoms with Crippen LogP contribution in [0.1, 0.15) is 35.8 Å². The van der Waals surface area contributed by atoms with E-state index in [0.717, 1.165) is 16.9 Å². The van der Waals surface area contributed by atoms with Crippen molar-refractivity contribution in [3.63, 3.8) is 0 Å². The molecule has 28 heavy (non-hydrogen) atoms. The maximum absolute atomic E-state index is 13.0. The minimum atomic E-state index is -0.275. The third-order valence-electron chi connectivity index (χ3n) is 4.38. The quantitative estimate of drug-likeness (QED) is 0.553. The Labute approximate surface area is 162 Å². The van der Waals surface area contributed by atoms with Crippen molar-refractivity contribution in [1.82, 2.24) is 25.0 Å². The second-order valence-electron chi connectivity index (χ2n) is 6.73. The largest absolute Gasteiger partial charge is 0.305 e. The second kappa shape index (κ2) is 7.48. The Bertz CT molecular complexity index is 1080. The summed E-state index contributed by atoms with van der Waals surface area (Å²) in [7, 11) is 0. The van der Waals surface area contributed by atoms with Gasteiger partial charge in [0.15, 0.2) is 5.82 Å². The second-order valence-corrected chi connectivity index (χ2v) is 6.73. The van der Waals surface area contributed by atoms with Crippen molar-refractivity contribution in [1.29, 1.82) is 0 Å². The Balaban J connectivity index is 1.71. The van der Waals surface area contributed by atoms with E-state index in [1.807, 2.05) is 48.5 Å². The summed E-state index contributed by atoms with van der Waals surface area (Å²) in [4.78, 5) is 17.1. The van der Waals surface area contributed by atoms with E-state index in [1.165, 1.54) is 0 Å². The first-order chi connectivity index (χ1) is 13.6. The molecule has 3 aromatic heterocycles. The van der Waals surface area contributed by atoms with Gasteiger partial charge in [0.05, 0.1) is 11.3 Å². The first kappa shape index (κ1) is 17.7. The Kier molecular flexibility index (Phi) is 4.72. The van der Waals surface area contributed by atoms with Crippen LogP contribution in [0.4, 0.5) is 5.82 Å². The van der Waals surface area contributed by atoms with Gasteiger partial charge in [0.25, 0.3) is 5.91 Å². The summed E-state index contributed by atoms with van der Waals surface area (Å²) in [6, 6.07) is 15.2. The molecule has 0 aliphatic rings. The lowest BCUT2D eigenvalue weighted by atomic mass is 10.1. The number of benzene rings is 1. The number of nitrogens with one attached hydrogen (secondary N) is 2. The van der Waals surface area contributed by atoms with Gasteiger partial charge < -0.3 is 5.32 Å². The van der Waals surface area contributed by atoms with Gasteiger partial charge in [0, 0.05) is 35.9 Å². The van der Waals surface area contributed by atoms with Crippen LogP contribution in [0, 0.1) is 0 Å². The fourth-order valence-electron chi connectivity index (χ4n) is 2.85. The van der Waals surface area contributed by atoms with Gasteiger partial charge in [-0.25, -0.2) is 4.68 Å². The van der Waals surface area contributed by atoms with E-state index in [2.05, 4.69) is 39.4 Å². The fraction of sp³-hybridized carbons (Fsp3) is 0.143. The first-order valence-corrected chi connectivity index (χ1v) is 9.04. The zero-order chi connectivity index (χ0) is 19.5. The van der Waals surface area contributed by atoms with Crippen molar-refractivity contribution in [2.45, 2.75) is 19.8 Å². The molecule has 0 radical (unpaired) electrons.